The molecule has 1 aromatic carbocycles. The average molecular weight is 484 g/mol. The van der Waals surface area contributed by atoms with Crippen LogP contribution in [0.5, 0.6) is 5.75 Å². The van der Waals surface area contributed by atoms with Crippen LogP contribution in [0.25, 0.3) is 5.82 Å². The van der Waals surface area contributed by atoms with E-state index in [9.17, 15) is 14.9 Å². The van der Waals surface area contributed by atoms with Crippen LogP contribution in [0.4, 0.5) is 23.0 Å². The fourth-order valence-electron chi connectivity index (χ4n) is 3.46. The highest BCUT2D eigenvalue weighted by molar-refractivity contribution is 5.77. The van der Waals surface area contributed by atoms with Crippen molar-refractivity contribution < 1.29 is 19.2 Å². The summed E-state index contributed by atoms with van der Waals surface area (Å²) in [6.45, 7) is 6.77. The van der Waals surface area contributed by atoms with E-state index in [0.717, 1.165) is 6.29 Å². The Morgan fingerprint density at radius 2 is 2.03 bits per heavy atom. The number of rotatable bonds is 10. The Bertz CT molecular complexity index is 1220. The third kappa shape index (κ3) is 5.72. The van der Waals surface area contributed by atoms with Crippen molar-refractivity contribution in [3.63, 3.8) is 0 Å². The van der Waals surface area contributed by atoms with E-state index in [2.05, 4.69) is 20.4 Å². The van der Waals surface area contributed by atoms with Gasteiger partial charge in [0, 0.05) is 56.7 Å². The van der Waals surface area contributed by atoms with Gasteiger partial charge >= 0.3 is 0 Å². The van der Waals surface area contributed by atoms with Gasteiger partial charge in [0.2, 0.25) is 5.95 Å². The second-order valence-electron chi connectivity index (χ2n) is 8.82. The van der Waals surface area contributed by atoms with Crippen LogP contribution >= 0.6 is 0 Å². The van der Waals surface area contributed by atoms with Gasteiger partial charge in [0.1, 0.15) is 11.4 Å². The quantitative estimate of drug-likeness (QED) is 0.259. The maximum Gasteiger partial charge on any atom is 0.294 e. The van der Waals surface area contributed by atoms with Crippen LogP contribution in [-0.2, 0) is 10.2 Å². The highest BCUT2D eigenvalue weighted by Gasteiger charge is 2.24. The first-order valence-electron chi connectivity index (χ1n) is 10.8. The lowest BCUT2D eigenvalue weighted by Gasteiger charge is -2.20. The minimum absolute atomic E-state index is 0.111. The van der Waals surface area contributed by atoms with Crippen molar-refractivity contribution in [1.29, 1.82) is 0 Å². The first-order valence-corrected chi connectivity index (χ1v) is 10.8. The van der Waals surface area contributed by atoms with Gasteiger partial charge in [0.25, 0.3) is 5.69 Å². The van der Waals surface area contributed by atoms with Gasteiger partial charge in [-0.1, -0.05) is 20.8 Å². The number of methoxy groups -OCH3 is 2. The number of carbonyl (C=O) groups excluding carboxylic acids is 1. The van der Waals surface area contributed by atoms with Gasteiger partial charge < -0.3 is 19.7 Å². The molecular weight excluding hydrogens is 454 g/mol. The van der Waals surface area contributed by atoms with Gasteiger partial charge in [-0.3, -0.25) is 14.9 Å². The van der Waals surface area contributed by atoms with Crippen molar-refractivity contribution in [2.45, 2.75) is 26.2 Å². The third-order valence-electron chi connectivity index (χ3n) is 5.24. The molecule has 12 nitrogen and oxygen atoms in total. The standard InChI is InChI=1S/C23H29N7O5/c1-23(2,3)21-15(14-31)13-29(27-21)20-7-8-24-22(26-20)25-16-11-18(30(32)33)17(12-19(16)35-6)28(4)9-10-34-5/h7-8,11-14H,9-10H2,1-6H3,(H,24,25,26). The van der Waals surface area contributed by atoms with Crippen LogP contribution in [0.1, 0.15) is 36.8 Å². The fraction of sp³-hybridized carbons (Fsp3) is 0.391. The molecule has 3 aromatic rings. The molecule has 35 heavy (non-hydrogen) atoms. The predicted octanol–water partition coefficient (Wildman–Crippen LogP) is 3.52. The molecule has 2 heterocycles. The van der Waals surface area contributed by atoms with Crippen LogP contribution in [0.2, 0.25) is 0 Å². The SMILES string of the molecule is COCCN(C)c1cc(OC)c(Nc2nccc(-n3cc(C=O)c(C(C)(C)C)n3)n2)cc1[N+](=O)[O-]. The Labute approximate surface area is 203 Å². The molecule has 0 amide bonds. The number of carbonyl (C=O) groups is 1. The van der Waals surface area contributed by atoms with Gasteiger partial charge in [-0.25, -0.2) is 9.67 Å². The number of aldehydes is 1. The van der Waals surface area contributed by atoms with E-state index in [1.165, 1.54) is 24.1 Å². The molecule has 0 saturated heterocycles. The molecule has 12 heteroatoms. The number of nitro benzene ring substituents is 1. The van der Waals surface area contributed by atoms with Crippen molar-refractivity contribution in [2.24, 2.45) is 0 Å². The van der Waals surface area contributed by atoms with Gasteiger partial charge in [-0.05, 0) is 0 Å². The molecule has 0 unspecified atom stereocenters. The van der Waals surface area contributed by atoms with E-state index in [-0.39, 0.29) is 17.1 Å². The summed E-state index contributed by atoms with van der Waals surface area (Å²) in [6.07, 6.45) is 3.90. The molecule has 0 aliphatic rings. The number of likely N-dealkylation sites (N-methyl/N-ethyl adjacent to an activating group) is 1. The topological polar surface area (TPSA) is 138 Å². The maximum atomic E-state index is 11.8. The molecule has 0 radical (unpaired) electrons. The second-order valence-corrected chi connectivity index (χ2v) is 8.82. The molecule has 0 bridgehead atoms. The number of aromatic nitrogens is 4. The smallest absolute Gasteiger partial charge is 0.294 e. The van der Waals surface area contributed by atoms with Crippen molar-refractivity contribution in [2.75, 3.05) is 44.6 Å². The average Bonchev–Trinajstić information content (AvgIpc) is 3.28. The molecule has 0 saturated carbocycles. The fourth-order valence-corrected chi connectivity index (χ4v) is 3.46. The zero-order valence-corrected chi connectivity index (χ0v) is 20.6. The number of ether oxygens (including phenoxy) is 2. The minimum Gasteiger partial charge on any atom is -0.494 e. The molecular formula is C23H29N7O5. The summed E-state index contributed by atoms with van der Waals surface area (Å²) in [4.78, 5) is 33.3. The van der Waals surface area contributed by atoms with E-state index in [0.29, 0.717) is 47.4 Å². The number of benzene rings is 1. The van der Waals surface area contributed by atoms with E-state index in [1.54, 1.807) is 37.4 Å². The van der Waals surface area contributed by atoms with Crippen molar-refractivity contribution in [3.05, 3.63) is 52.0 Å². The van der Waals surface area contributed by atoms with Crippen molar-refractivity contribution >= 4 is 29.3 Å². The number of hydrogen-bond acceptors (Lipinski definition) is 10. The van der Waals surface area contributed by atoms with E-state index >= 15 is 0 Å². The van der Waals surface area contributed by atoms with Crippen LogP contribution in [-0.4, -0.2) is 65.4 Å². The molecule has 1 N–H and O–H groups in total. The molecule has 3 rings (SSSR count). The molecule has 0 fully saturated rings. The van der Waals surface area contributed by atoms with Gasteiger partial charge in [-0.2, -0.15) is 10.1 Å². The monoisotopic (exact) mass is 483 g/mol. The highest BCUT2D eigenvalue weighted by atomic mass is 16.6. The number of nitro groups is 1. The summed E-state index contributed by atoms with van der Waals surface area (Å²) < 4.78 is 12.1. The third-order valence-corrected chi connectivity index (χ3v) is 5.24. The van der Waals surface area contributed by atoms with Crippen molar-refractivity contribution in [1.82, 2.24) is 19.7 Å². The van der Waals surface area contributed by atoms with E-state index in [1.807, 2.05) is 20.8 Å². The summed E-state index contributed by atoms with van der Waals surface area (Å²) in [5.41, 5.74) is 1.38. The molecule has 186 valence electrons. The molecule has 2 aromatic heterocycles. The summed E-state index contributed by atoms with van der Waals surface area (Å²) in [5, 5.41) is 19.3. The van der Waals surface area contributed by atoms with Crippen LogP contribution in [0, 0.1) is 10.1 Å². The first kappa shape index (κ1) is 25.6. The number of hydrogen-bond donors (Lipinski definition) is 1. The normalized spacial score (nSPS) is 11.3. The zero-order chi connectivity index (χ0) is 25.8. The van der Waals surface area contributed by atoms with Crippen molar-refractivity contribution in [3.8, 4) is 11.6 Å². The van der Waals surface area contributed by atoms with Crippen LogP contribution < -0.4 is 15.0 Å². The second kappa shape index (κ2) is 10.5. The first-order chi connectivity index (χ1) is 16.6. The van der Waals surface area contributed by atoms with Crippen LogP contribution in [0.15, 0.2) is 30.6 Å². The molecule has 0 atom stereocenters. The predicted molar refractivity (Wildman–Crippen MR) is 131 cm³/mol. The number of nitrogens with one attached hydrogen (secondary N) is 1. The lowest BCUT2D eigenvalue weighted by atomic mass is 9.90. The van der Waals surface area contributed by atoms with Gasteiger partial charge in [0.15, 0.2) is 12.1 Å². The van der Waals surface area contributed by atoms with Gasteiger partial charge in [0.05, 0.1) is 35.6 Å². The Morgan fingerprint density at radius 1 is 1.29 bits per heavy atom. The Balaban J connectivity index is 1.99. The zero-order valence-electron chi connectivity index (χ0n) is 20.6. The molecule has 0 aliphatic heterocycles. The van der Waals surface area contributed by atoms with E-state index in [4.69, 9.17) is 9.47 Å². The largest absolute Gasteiger partial charge is 0.494 e. The van der Waals surface area contributed by atoms with Crippen LogP contribution in [0.3, 0.4) is 0 Å². The maximum absolute atomic E-state index is 11.8. The number of nitrogens with zero attached hydrogens (tertiary/aromatic N) is 6. The Hall–Kier alpha value is -4.06. The Morgan fingerprint density at radius 3 is 2.60 bits per heavy atom. The summed E-state index contributed by atoms with van der Waals surface area (Å²) in [5.74, 6) is 0.975. The molecule has 0 aliphatic carbocycles. The number of anilines is 3. The lowest BCUT2D eigenvalue weighted by molar-refractivity contribution is -0.384. The highest BCUT2D eigenvalue weighted by Crippen LogP contribution is 2.38. The lowest BCUT2D eigenvalue weighted by Crippen LogP contribution is -2.23. The summed E-state index contributed by atoms with van der Waals surface area (Å²) in [7, 11) is 4.78. The summed E-state index contributed by atoms with van der Waals surface area (Å²) >= 11 is 0. The summed E-state index contributed by atoms with van der Waals surface area (Å²) in [6, 6.07) is 4.61. The molecule has 0 spiro atoms. The van der Waals surface area contributed by atoms with Gasteiger partial charge in [-0.15, -0.1) is 0 Å². The Kier molecular flexibility index (Phi) is 7.65. The minimum atomic E-state index is -0.459. The van der Waals surface area contributed by atoms with E-state index < -0.39 is 4.92 Å².